The van der Waals surface area contributed by atoms with Gasteiger partial charge in [0.1, 0.15) is 18.4 Å². The number of esters is 3. The molecule has 10 rings (SSSR count). The minimum absolute atomic E-state index is 0.0390. The quantitative estimate of drug-likeness (QED) is 0.0698. The van der Waals surface area contributed by atoms with Crippen LogP contribution >= 0.6 is 11.8 Å². The van der Waals surface area contributed by atoms with E-state index in [4.69, 9.17) is 33.2 Å². The number of benzene rings is 3. The van der Waals surface area contributed by atoms with Gasteiger partial charge >= 0.3 is 17.9 Å². The number of hydrogen-bond donors (Lipinski definition) is 2. The second-order valence-corrected chi connectivity index (χ2v) is 21.7. The van der Waals surface area contributed by atoms with Crippen molar-refractivity contribution in [1.29, 1.82) is 5.26 Å². The van der Waals surface area contributed by atoms with Crippen LogP contribution in [-0.4, -0.2) is 97.9 Å². The summed E-state index contributed by atoms with van der Waals surface area (Å²) in [6.45, 7) is 7.51. The van der Waals surface area contributed by atoms with E-state index in [9.17, 15) is 20.0 Å². The highest BCUT2D eigenvalue weighted by atomic mass is 32.2. The molecule has 388 valence electrons. The van der Waals surface area contributed by atoms with E-state index >= 15 is 4.79 Å². The van der Waals surface area contributed by atoms with Gasteiger partial charge in [0.25, 0.3) is 0 Å². The van der Waals surface area contributed by atoms with Crippen molar-refractivity contribution in [3.05, 3.63) is 62.7 Å². The molecule has 3 aromatic carbocycles. The summed E-state index contributed by atoms with van der Waals surface area (Å²) in [5.74, 6) is 1.02. The van der Waals surface area contributed by atoms with Gasteiger partial charge in [-0.15, -0.1) is 11.8 Å². The molecule has 3 aromatic rings. The van der Waals surface area contributed by atoms with Gasteiger partial charge in [-0.1, -0.05) is 90.0 Å². The Bertz CT molecular complexity index is 2600. The zero-order chi connectivity index (χ0) is 50.8. The zero-order valence-electron chi connectivity index (χ0n) is 43.1. The van der Waals surface area contributed by atoms with Crippen LogP contribution in [0.4, 0.5) is 0 Å². The van der Waals surface area contributed by atoms with Gasteiger partial charge in [-0.3, -0.25) is 24.7 Å². The highest BCUT2D eigenvalue weighted by Gasteiger charge is 2.62. The molecule has 2 saturated heterocycles. The Morgan fingerprint density at radius 2 is 1.57 bits per heavy atom. The second-order valence-electron chi connectivity index (χ2n) is 20.5. The molecule has 7 aliphatic heterocycles. The standard InChI is InChI=1S/C56H72N4O11S/c1-8-9-10-11-12-13-14-15-16-17-18-19-20-21-43(62)71-42-26-35-22-23-58-56(37(35)27-41(42)65-6)30-72-54-46-45(53-52(68-31-69-53)33(3)51(46)70-34(4)61)40(29-67-55(56)64)60-39(28-57)38-25-36-24-32(2)50(66-7)49(63)44(36)47(48(54)60)59(38)5/h24,26-27,38-40,47-48,54,58,63H,8-23,25,29-31H2,1-7H3/t38-,39+,40-,47-,48?,54-,56-/m1/s1. The molecule has 2 fully saturated rings. The van der Waals surface area contributed by atoms with Crippen molar-refractivity contribution >= 4 is 29.7 Å². The van der Waals surface area contributed by atoms with Crippen LogP contribution in [-0.2, 0) is 37.5 Å². The van der Waals surface area contributed by atoms with Crippen molar-refractivity contribution < 1.29 is 52.6 Å². The number of aryl methyl sites for hydroxylation is 1. The number of fused-ring (bicyclic) bond motifs is 9. The number of rotatable bonds is 18. The van der Waals surface area contributed by atoms with E-state index in [2.05, 4.69) is 34.2 Å². The molecule has 0 radical (unpaired) electrons. The highest BCUT2D eigenvalue weighted by Crippen LogP contribution is 2.64. The average molecular weight is 1010 g/mol. The number of nitrogens with zero attached hydrogens (tertiary/aromatic N) is 3. The van der Waals surface area contributed by atoms with Crippen molar-refractivity contribution in [3.8, 4) is 46.3 Å². The van der Waals surface area contributed by atoms with Gasteiger partial charge in [-0.2, -0.15) is 5.26 Å². The molecule has 0 amide bonds. The molecule has 0 aliphatic carbocycles. The minimum Gasteiger partial charge on any atom is -0.504 e. The predicted octanol–water partition coefficient (Wildman–Crippen LogP) is 9.67. The Hall–Kier alpha value is -5.21. The smallest absolute Gasteiger partial charge is 0.331 e. The molecule has 15 nitrogen and oxygen atoms in total. The summed E-state index contributed by atoms with van der Waals surface area (Å²) in [5.41, 5.74) is 4.37. The summed E-state index contributed by atoms with van der Waals surface area (Å²) in [4.78, 5) is 46.1. The van der Waals surface area contributed by atoms with Crippen molar-refractivity contribution in [3.63, 3.8) is 0 Å². The number of unbranched alkanes of at least 4 members (excludes halogenated alkanes) is 12. The van der Waals surface area contributed by atoms with Crippen LogP contribution in [0.5, 0.6) is 40.2 Å². The van der Waals surface area contributed by atoms with E-state index in [0.29, 0.717) is 88.1 Å². The Morgan fingerprint density at radius 1 is 0.875 bits per heavy atom. The number of phenols is 1. The zero-order valence-corrected chi connectivity index (χ0v) is 43.9. The number of phenolic OH excluding ortho intramolecular Hbond substituents is 1. The fourth-order valence-electron chi connectivity index (χ4n) is 12.7. The lowest BCUT2D eigenvalue weighted by Crippen LogP contribution is -2.69. The van der Waals surface area contributed by atoms with E-state index in [-0.39, 0.29) is 36.9 Å². The molecular formula is C56H72N4O11S. The molecule has 1 unspecified atom stereocenters. The fraction of sp³-hybridized carbons (Fsp3) is 0.607. The summed E-state index contributed by atoms with van der Waals surface area (Å²) in [6.07, 6.45) is 17.1. The van der Waals surface area contributed by atoms with Crippen molar-refractivity contribution in [2.45, 2.75) is 171 Å². The normalized spacial score (nSPS) is 24.8. The van der Waals surface area contributed by atoms with Gasteiger partial charge in [0.05, 0.1) is 37.6 Å². The van der Waals surface area contributed by atoms with Crippen LogP contribution < -0.4 is 33.7 Å². The minimum atomic E-state index is -1.41. The fourth-order valence-corrected chi connectivity index (χ4v) is 14.4. The number of thioether (sulfide) groups is 1. The van der Waals surface area contributed by atoms with Gasteiger partial charge in [-0.25, -0.2) is 4.79 Å². The number of methoxy groups -OCH3 is 2. The summed E-state index contributed by atoms with van der Waals surface area (Å²) in [5, 5.41) is 26.5. The summed E-state index contributed by atoms with van der Waals surface area (Å²) >= 11 is 1.49. The number of piperazine rings is 1. The molecule has 7 heterocycles. The van der Waals surface area contributed by atoms with Crippen LogP contribution in [0.3, 0.4) is 0 Å². The summed E-state index contributed by atoms with van der Waals surface area (Å²) in [7, 11) is 5.07. The third-order valence-corrected chi connectivity index (χ3v) is 17.6. The van der Waals surface area contributed by atoms with Crippen LogP contribution in [0, 0.1) is 25.2 Å². The first-order valence-corrected chi connectivity index (χ1v) is 27.3. The number of aromatic hydroxyl groups is 1. The molecule has 0 aromatic heterocycles. The van der Waals surface area contributed by atoms with E-state index in [1.165, 1.54) is 90.0 Å². The van der Waals surface area contributed by atoms with Gasteiger partial charge in [0.2, 0.25) is 6.79 Å². The Morgan fingerprint density at radius 3 is 2.24 bits per heavy atom. The molecule has 16 heteroatoms. The maximum absolute atomic E-state index is 15.2. The van der Waals surface area contributed by atoms with Crippen LogP contribution in [0.1, 0.15) is 166 Å². The topological polar surface area (TPSA) is 178 Å². The molecule has 7 aliphatic rings. The maximum atomic E-state index is 15.2. The van der Waals surface area contributed by atoms with Crippen LogP contribution in [0.15, 0.2) is 18.2 Å². The number of carbonyl (C=O) groups is 3. The SMILES string of the molecule is CCCCCCCCCCCCCCCC(=O)Oc1cc2c(cc1OC)[C@@]1(CS[C@@H]3c4c(OC(C)=O)c(C)c5c(c4[C@@H](COC1=O)N1C3[C@H]3c4c(cc(C)c(OC)c4O)C[C@H]([C@@H]1C#N)N3C)OCO5)NCC2. The van der Waals surface area contributed by atoms with E-state index in [1.54, 1.807) is 13.2 Å². The molecule has 0 saturated carbocycles. The van der Waals surface area contributed by atoms with E-state index in [1.807, 2.05) is 27.0 Å². The first-order chi connectivity index (χ1) is 34.9. The largest absolute Gasteiger partial charge is 0.504 e. The van der Waals surface area contributed by atoms with Crippen molar-refractivity contribution in [2.75, 3.05) is 47.0 Å². The average Bonchev–Trinajstić information content (AvgIpc) is 3.86. The van der Waals surface area contributed by atoms with E-state index in [0.717, 1.165) is 36.0 Å². The van der Waals surface area contributed by atoms with Gasteiger partial charge in [-0.05, 0) is 74.5 Å². The summed E-state index contributed by atoms with van der Waals surface area (Å²) in [6, 6.07) is 5.48. The number of ether oxygens (including phenoxy) is 7. The second kappa shape index (κ2) is 22.1. The third kappa shape index (κ3) is 9.36. The lowest BCUT2D eigenvalue weighted by Gasteiger charge is -2.62. The van der Waals surface area contributed by atoms with Crippen LogP contribution in [0.2, 0.25) is 0 Å². The first-order valence-electron chi connectivity index (χ1n) is 26.3. The highest BCUT2D eigenvalue weighted by molar-refractivity contribution is 7.99. The maximum Gasteiger partial charge on any atom is 0.331 e. The third-order valence-electron chi connectivity index (χ3n) is 16.1. The molecule has 72 heavy (non-hydrogen) atoms. The van der Waals surface area contributed by atoms with Crippen molar-refractivity contribution in [1.82, 2.24) is 15.1 Å². The number of carbonyl (C=O) groups excluding carboxylic acids is 3. The Kier molecular flexibility index (Phi) is 15.9. The molecule has 7 atom stereocenters. The summed E-state index contributed by atoms with van der Waals surface area (Å²) < 4.78 is 43.0. The van der Waals surface area contributed by atoms with Gasteiger partial charge < -0.3 is 38.3 Å². The Balaban J connectivity index is 1.04. The number of likely N-dealkylation sites (N-methyl/N-ethyl adjacent to an activating group) is 1. The molecule has 4 bridgehead atoms. The number of nitriles is 1. The lowest BCUT2D eigenvalue weighted by atomic mass is 9.71. The Labute approximate surface area is 428 Å². The number of hydrogen-bond acceptors (Lipinski definition) is 16. The van der Waals surface area contributed by atoms with Gasteiger partial charge in [0.15, 0.2) is 40.0 Å². The van der Waals surface area contributed by atoms with E-state index < -0.39 is 46.9 Å². The number of nitrogens with one attached hydrogen (secondary N) is 1. The van der Waals surface area contributed by atoms with Crippen molar-refractivity contribution in [2.24, 2.45) is 0 Å². The predicted molar refractivity (Wildman–Crippen MR) is 272 cm³/mol. The molecule has 2 N–H and O–H groups in total. The van der Waals surface area contributed by atoms with Crippen LogP contribution in [0.25, 0.3) is 0 Å². The molecule has 1 spiro atoms. The monoisotopic (exact) mass is 1010 g/mol. The first kappa shape index (κ1) is 51.7. The lowest BCUT2D eigenvalue weighted by molar-refractivity contribution is -0.157. The van der Waals surface area contributed by atoms with Gasteiger partial charge in [0, 0.05) is 60.0 Å². The molecular weight excluding hydrogens is 937 g/mol.